The van der Waals surface area contributed by atoms with Gasteiger partial charge in [0.25, 0.3) is 0 Å². The molecule has 10 heteroatoms. The lowest BCUT2D eigenvalue weighted by Gasteiger charge is -2.54. The summed E-state index contributed by atoms with van der Waals surface area (Å²) < 4.78 is 38.4. The first-order valence-corrected chi connectivity index (χ1v) is 17.0. The van der Waals surface area contributed by atoms with Crippen molar-refractivity contribution in [3.63, 3.8) is 0 Å². The SMILES string of the molecule is CO[C@H]1O[C@@H]2CO[Si](C(C)C)(C(C)C)O[Si](C(C)C)(C(C)C)O[C@H]2[C@H](O)[C@H]1OC(=O)c1ccccc1. The first-order chi connectivity index (χ1) is 16.9. The molecular weight excluding hydrogens is 496 g/mol. The molecule has 0 aromatic heterocycles. The minimum atomic E-state index is -2.98. The fourth-order valence-corrected chi connectivity index (χ4v) is 16.6. The lowest BCUT2D eigenvalue weighted by molar-refractivity contribution is -0.293. The van der Waals surface area contributed by atoms with Crippen molar-refractivity contribution < 1.29 is 37.1 Å². The van der Waals surface area contributed by atoms with E-state index in [2.05, 4.69) is 55.4 Å². The van der Waals surface area contributed by atoms with E-state index in [0.29, 0.717) is 5.56 Å². The second-order valence-electron chi connectivity index (χ2n) is 11.1. The number of aliphatic hydroxyl groups is 1. The molecule has 3 rings (SSSR count). The third-order valence-corrected chi connectivity index (χ3v) is 17.7. The highest BCUT2D eigenvalue weighted by Gasteiger charge is 2.61. The molecule has 2 fully saturated rings. The molecule has 1 N–H and O–H groups in total. The van der Waals surface area contributed by atoms with Crippen molar-refractivity contribution in [2.75, 3.05) is 13.7 Å². The van der Waals surface area contributed by atoms with Crippen molar-refractivity contribution >= 4 is 23.1 Å². The van der Waals surface area contributed by atoms with Crippen molar-refractivity contribution in [1.29, 1.82) is 0 Å². The Labute approximate surface area is 218 Å². The number of hydrogen-bond acceptors (Lipinski definition) is 8. The third kappa shape index (κ3) is 5.51. The van der Waals surface area contributed by atoms with Crippen molar-refractivity contribution in [2.45, 2.75) is 108 Å². The molecule has 36 heavy (non-hydrogen) atoms. The summed E-state index contributed by atoms with van der Waals surface area (Å²) in [5.41, 5.74) is 0.926. The van der Waals surface area contributed by atoms with Crippen LogP contribution in [0.4, 0.5) is 0 Å². The van der Waals surface area contributed by atoms with Crippen LogP contribution in [-0.4, -0.2) is 72.6 Å². The molecule has 8 nitrogen and oxygen atoms in total. The van der Waals surface area contributed by atoms with Gasteiger partial charge in [0.05, 0.1) is 12.2 Å². The molecule has 2 aliphatic heterocycles. The smallest absolute Gasteiger partial charge is 0.338 e. The summed E-state index contributed by atoms with van der Waals surface area (Å²) in [5, 5.41) is 11.6. The summed E-state index contributed by atoms with van der Waals surface area (Å²) in [4.78, 5) is 12.9. The van der Waals surface area contributed by atoms with E-state index in [9.17, 15) is 9.90 Å². The summed E-state index contributed by atoms with van der Waals surface area (Å²) in [7, 11) is -4.26. The van der Waals surface area contributed by atoms with Crippen LogP contribution in [0, 0.1) is 0 Å². The van der Waals surface area contributed by atoms with Crippen LogP contribution in [0.3, 0.4) is 0 Å². The average molecular weight is 541 g/mol. The van der Waals surface area contributed by atoms with Crippen LogP contribution in [0.1, 0.15) is 65.7 Å². The largest absolute Gasteiger partial charge is 0.450 e. The lowest BCUT2D eigenvalue weighted by Crippen LogP contribution is -2.70. The molecule has 1 aromatic carbocycles. The lowest BCUT2D eigenvalue weighted by atomic mass is 9.99. The standard InChI is InChI=1S/C26H44O8Si2/c1-16(2)35(17(3)4)30-15-21-23(33-36(34-35,18(5)6)19(7)8)22(27)24(26(29-9)31-21)32-25(28)20-13-11-10-12-14-20/h10-14,16-19,21-24,26-27H,15H2,1-9H3/t21-,22+,23-,24-,26+/m1/s1. The Balaban J connectivity index is 2.00. The minimum absolute atomic E-state index is 0.0851. The molecule has 2 aliphatic rings. The summed E-state index contributed by atoms with van der Waals surface area (Å²) in [6, 6.07) is 8.65. The van der Waals surface area contributed by atoms with Gasteiger partial charge >= 0.3 is 23.1 Å². The van der Waals surface area contributed by atoms with Crippen LogP contribution in [-0.2, 0) is 27.2 Å². The van der Waals surface area contributed by atoms with E-state index in [-0.39, 0.29) is 28.8 Å². The van der Waals surface area contributed by atoms with E-state index >= 15 is 0 Å². The van der Waals surface area contributed by atoms with Crippen LogP contribution in [0.25, 0.3) is 0 Å². The Hall–Kier alpha value is -1.12. The molecule has 0 bridgehead atoms. The van der Waals surface area contributed by atoms with Crippen LogP contribution in [0.5, 0.6) is 0 Å². The molecule has 204 valence electrons. The predicted octanol–water partition coefficient (Wildman–Crippen LogP) is 4.90. The van der Waals surface area contributed by atoms with Gasteiger partial charge in [0, 0.05) is 7.11 Å². The number of benzene rings is 1. The zero-order chi connectivity index (χ0) is 26.8. The van der Waals surface area contributed by atoms with E-state index < -0.39 is 53.8 Å². The van der Waals surface area contributed by atoms with Crippen LogP contribution in [0.15, 0.2) is 30.3 Å². The summed E-state index contributed by atoms with van der Waals surface area (Å²) in [5.74, 6) is -0.565. The topological polar surface area (TPSA) is 92.7 Å². The number of carbonyl (C=O) groups excluding carboxylic acids is 1. The Morgan fingerprint density at radius 1 is 0.944 bits per heavy atom. The van der Waals surface area contributed by atoms with Gasteiger partial charge in [0.2, 0.25) is 0 Å². The van der Waals surface area contributed by atoms with Gasteiger partial charge in [-0.3, -0.25) is 0 Å². The Morgan fingerprint density at radius 3 is 2.00 bits per heavy atom. The van der Waals surface area contributed by atoms with Crippen molar-refractivity contribution in [1.82, 2.24) is 0 Å². The molecule has 0 spiro atoms. The van der Waals surface area contributed by atoms with Gasteiger partial charge in [-0.25, -0.2) is 4.79 Å². The fourth-order valence-electron chi connectivity index (χ4n) is 5.39. The van der Waals surface area contributed by atoms with Gasteiger partial charge in [-0.05, 0) is 34.3 Å². The molecule has 0 unspecified atom stereocenters. The predicted molar refractivity (Wildman–Crippen MR) is 141 cm³/mol. The molecule has 0 saturated carbocycles. The van der Waals surface area contributed by atoms with E-state index in [0.717, 1.165) is 0 Å². The van der Waals surface area contributed by atoms with Crippen LogP contribution < -0.4 is 0 Å². The van der Waals surface area contributed by atoms with Crippen molar-refractivity contribution in [2.24, 2.45) is 0 Å². The van der Waals surface area contributed by atoms with Crippen molar-refractivity contribution in [3.8, 4) is 0 Å². The number of fused-ring (bicyclic) bond motifs is 1. The number of rotatable bonds is 7. The Morgan fingerprint density at radius 2 is 1.50 bits per heavy atom. The quantitative estimate of drug-likeness (QED) is 0.386. The minimum Gasteiger partial charge on any atom is -0.450 e. The Kier molecular flexibility index (Phi) is 9.59. The first-order valence-electron chi connectivity index (χ1n) is 13.0. The van der Waals surface area contributed by atoms with Gasteiger partial charge in [0.15, 0.2) is 12.4 Å². The molecule has 0 amide bonds. The number of esters is 1. The average Bonchev–Trinajstić information content (AvgIpc) is 2.81. The van der Waals surface area contributed by atoms with Gasteiger partial charge in [-0.15, -0.1) is 0 Å². The highest BCUT2D eigenvalue weighted by atomic mass is 28.5. The zero-order valence-electron chi connectivity index (χ0n) is 23.1. The Bertz CT molecular complexity index is 847. The number of methoxy groups -OCH3 is 1. The number of aliphatic hydroxyl groups excluding tert-OH is 1. The van der Waals surface area contributed by atoms with Gasteiger partial charge < -0.3 is 32.3 Å². The van der Waals surface area contributed by atoms with E-state index in [1.54, 1.807) is 24.3 Å². The highest BCUT2D eigenvalue weighted by molar-refractivity contribution is 6.83. The van der Waals surface area contributed by atoms with E-state index in [1.807, 2.05) is 6.07 Å². The third-order valence-electron chi connectivity index (χ3n) is 7.43. The molecule has 2 saturated heterocycles. The molecule has 0 radical (unpaired) electrons. The maximum absolute atomic E-state index is 12.9. The van der Waals surface area contributed by atoms with Crippen LogP contribution >= 0.6 is 0 Å². The molecular formula is C26H44O8Si2. The zero-order valence-corrected chi connectivity index (χ0v) is 25.1. The molecule has 0 aliphatic carbocycles. The highest BCUT2D eigenvalue weighted by Crippen LogP contribution is 2.47. The normalized spacial score (nSPS) is 30.2. The second-order valence-corrected chi connectivity index (χ2v) is 19.9. The number of hydrogen-bond donors (Lipinski definition) is 1. The maximum Gasteiger partial charge on any atom is 0.338 e. The fraction of sp³-hybridized carbons (Fsp3) is 0.731. The molecule has 5 atom stereocenters. The number of carbonyl (C=O) groups is 1. The first kappa shape index (κ1) is 29.4. The van der Waals surface area contributed by atoms with Gasteiger partial charge in [0.1, 0.15) is 18.3 Å². The van der Waals surface area contributed by atoms with Crippen molar-refractivity contribution in [3.05, 3.63) is 35.9 Å². The van der Waals surface area contributed by atoms with E-state index in [4.69, 9.17) is 27.2 Å². The summed E-state index contributed by atoms with van der Waals surface area (Å²) in [6.07, 6.45) is -4.64. The molecule has 2 heterocycles. The van der Waals surface area contributed by atoms with Gasteiger partial charge in [-0.2, -0.15) is 0 Å². The summed E-state index contributed by atoms with van der Waals surface area (Å²) >= 11 is 0. The van der Waals surface area contributed by atoms with Crippen LogP contribution in [0.2, 0.25) is 22.2 Å². The van der Waals surface area contributed by atoms with Gasteiger partial charge in [-0.1, -0.05) is 73.6 Å². The maximum atomic E-state index is 12.9. The van der Waals surface area contributed by atoms with E-state index in [1.165, 1.54) is 7.11 Å². The number of ether oxygens (including phenoxy) is 3. The summed E-state index contributed by atoms with van der Waals surface area (Å²) in [6.45, 7) is 17.3. The second kappa shape index (κ2) is 11.7. The molecule has 1 aromatic rings. The monoisotopic (exact) mass is 540 g/mol.